The third-order valence-corrected chi connectivity index (χ3v) is 3.23. The maximum absolute atomic E-state index is 12.8. The summed E-state index contributed by atoms with van der Waals surface area (Å²) >= 11 is 0. The third-order valence-electron chi connectivity index (χ3n) is 3.23. The number of halogens is 1. The summed E-state index contributed by atoms with van der Waals surface area (Å²) in [6, 6.07) is 5.60. The van der Waals surface area contributed by atoms with E-state index in [9.17, 15) is 14.0 Å². The minimum absolute atomic E-state index is 0.00592. The summed E-state index contributed by atoms with van der Waals surface area (Å²) in [5.74, 6) is -0.356. The number of likely N-dealkylation sites (N-methyl/N-ethyl adjacent to an activating group) is 1. The number of benzene rings is 1. The van der Waals surface area contributed by atoms with Crippen molar-refractivity contribution in [2.24, 2.45) is 0 Å². The molecule has 0 aliphatic carbocycles. The van der Waals surface area contributed by atoms with Gasteiger partial charge in [-0.3, -0.25) is 14.5 Å². The van der Waals surface area contributed by atoms with Crippen LogP contribution in [0.3, 0.4) is 0 Å². The molecule has 0 aliphatic rings. The molecule has 1 aromatic rings. The van der Waals surface area contributed by atoms with E-state index in [1.54, 1.807) is 7.05 Å². The lowest BCUT2D eigenvalue weighted by Gasteiger charge is -2.20. The standard InChI is InChI=1S/C16H23FN2O2/c1-3-10-19(12-16(21)18-2)11-4-5-15(20)13-6-8-14(17)9-7-13/h6-9H,3-5,10-12H2,1-2H3,(H,18,21). The topological polar surface area (TPSA) is 49.4 Å². The Kier molecular flexibility index (Phi) is 7.61. The molecule has 5 heteroatoms. The van der Waals surface area contributed by atoms with E-state index in [0.717, 1.165) is 13.0 Å². The number of rotatable bonds is 9. The van der Waals surface area contributed by atoms with E-state index in [2.05, 4.69) is 12.2 Å². The van der Waals surface area contributed by atoms with Gasteiger partial charge in [-0.1, -0.05) is 6.92 Å². The highest BCUT2D eigenvalue weighted by atomic mass is 19.1. The van der Waals surface area contributed by atoms with Gasteiger partial charge in [0.05, 0.1) is 6.54 Å². The first-order chi connectivity index (χ1) is 10.1. The largest absolute Gasteiger partial charge is 0.358 e. The van der Waals surface area contributed by atoms with Gasteiger partial charge in [-0.25, -0.2) is 4.39 Å². The minimum atomic E-state index is -0.341. The fraction of sp³-hybridized carbons (Fsp3) is 0.500. The van der Waals surface area contributed by atoms with Crippen LogP contribution in [0.15, 0.2) is 24.3 Å². The van der Waals surface area contributed by atoms with Crippen molar-refractivity contribution in [3.63, 3.8) is 0 Å². The molecule has 1 aromatic carbocycles. The average molecular weight is 294 g/mol. The molecule has 0 saturated carbocycles. The van der Waals surface area contributed by atoms with Crippen LogP contribution in [0.2, 0.25) is 0 Å². The minimum Gasteiger partial charge on any atom is -0.358 e. The van der Waals surface area contributed by atoms with Crippen LogP contribution < -0.4 is 5.32 Å². The van der Waals surface area contributed by atoms with Gasteiger partial charge in [0, 0.05) is 19.0 Å². The van der Waals surface area contributed by atoms with E-state index in [4.69, 9.17) is 0 Å². The van der Waals surface area contributed by atoms with Crippen molar-refractivity contribution in [1.29, 1.82) is 0 Å². The first-order valence-corrected chi connectivity index (χ1v) is 7.28. The first-order valence-electron chi connectivity index (χ1n) is 7.28. The monoisotopic (exact) mass is 294 g/mol. The second-order valence-electron chi connectivity index (χ2n) is 4.98. The maximum atomic E-state index is 12.8. The number of hydrogen-bond acceptors (Lipinski definition) is 3. The molecule has 1 amide bonds. The van der Waals surface area contributed by atoms with Gasteiger partial charge >= 0.3 is 0 Å². The number of nitrogens with one attached hydrogen (secondary N) is 1. The molecule has 0 fully saturated rings. The summed E-state index contributed by atoms with van der Waals surface area (Å²) < 4.78 is 12.8. The number of Topliss-reactive ketones (excluding diaryl/α,β-unsaturated/α-hetero) is 1. The fourth-order valence-electron chi connectivity index (χ4n) is 2.11. The SMILES string of the molecule is CCCN(CCCC(=O)c1ccc(F)cc1)CC(=O)NC. The second kappa shape index (κ2) is 9.23. The Morgan fingerprint density at radius 2 is 1.86 bits per heavy atom. The predicted molar refractivity (Wildman–Crippen MR) is 80.8 cm³/mol. The van der Waals surface area contributed by atoms with Crippen molar-refractivity contribution in [3.8, 4) is 0 Å². The lowest BCUT2D eigenvalue weighted by molar-refractivity contribution is -0.121. The zero-order valence-electron chi connectivity index (χ0n) is 12.7. The molecular weight excluding hydrogens is 271 g/mol. The molecule has 0 unspecified atom stereocenters. The van der Waals surface area contributed by atoms with Crippen LogP contribution in [0.4, 0.5) is 4.39 Å². The van der Waals surface area contributed by atoms with Crippen LogP contribution in [0.1, 0.15) is 36.5 Å². The molecule has 0 aromatic heterocycles. The molecule has 0 saturated heterocycles. The van der Waals surface area contributed by atoms with Gasteiger partial charge in [0.1, 0.15) is 5.82 Å². The Morgan fingerprint density at radius 3 is 2.43 bits per heavy atom. The number of carbonyl (C=O) groups is 2. The van der Waals surface area contributed by atoms with E-state index in [0.29, 0.717) is 31.5 Å². The number of nitrogens with zero attached hydrogens (tertiary/aromatic N) is 1. The van der Waals surface area contributed by atoms with Crippen LogP contribution in [0.5, 0.6) is 0 Å². The molecule has 0 atom stereocenters. The zero-order chi connectivity index (χ0) is 15.7. The van der Waals surface area contributed by atoms with Gasteiger partial charge in [-0.2, -0.15) is 0 Å². The van der Waals surface area contributed by atoms with Gasteiger partial charge in [-0.15, -0.1) is 0 Å². The molecule has 21 heavy (non-hydrogen) atoms. The van der Waals surface area contributed by atoms with E-state index in [-0.39, 0.29) is 17.5 Å². The Bertz CT molecular complexity index is 460. The summed E-state index contributed by atoms with van der Waals surface area (Å²) in [6.45, 7) is 3.95. The summed E-state index contributed by atoms with van der Waals surface area (Å²) in [5.41, 5.74) is 0.532. The van der Waals surface area contributed by atoms with E-state index in [1.807, 2.05) is 4.90 Å². The molecule has 1 rings (SSSR count). The van der Waals surface area contributed by atoms with Crippen molar-refractivity contribution in [1.82, 2.24) is 10.2 Å². The third kappa shape index (κ3) is 6.49. The van der Waals surface area contributed by atoms with Gasteiger partial charge in [-0.05, 0) is 50.2 Å². The van der Waals surface area contributed by atoms with Crippen LogP contribution in [-0.4, -0.2) is 43.3 Å². The van der Waals surface area contributed by atoms with Crippen molar-refractivity contribution >= 4 is 11.7 Å². The Hall–Kier alpha value is -1.75. The van der Waals surface area contributed by atoms with Crippen LogP contribution >= 0.6 is 0 Å². The molecule has 0 heterocycles. The van der Waals surface area contributed by atoms with Gasteiger partial charge in [0.25, 0.3) is 0 Å². The summed E-state index contributed by atoms with van der Waals surface area (Å²) in [5, 5.41) is 2.60. The van der Waals surface area contributed by atoms with Crippen LogP contribution in [-0.2, 0) is 4.79 Å². The number of ketones is 1. The average Bonchev–Trinajstić information content (AvgIpc) is 2.47. The molecule has 116 valence electrons. The molecule has 0 bridgehead atoms. The van der Waals surface area contributed by atoms with Crippen molar-refractivity contribution in [2.45, 2.75) is 26.2 Å². The highest BCUT2D eigenvalue weighted by Crippen LogP contribution is 2.08. The normalized spacial score (nSPS) is 10.7. The maximum Gasteiger partial charge on any atom is 0.233 e. The highest BCUT2D eigenvalue weighted by molar-refractivity contribution is 5.95. The van der Waals surface area contributed by atoms with Crippen LogP contribution in [0.25, 0.3) is 0 Å². The van der Waals surface area contributed by atoms with Crippen molar-refractivity contribution in [3.05, 3.63) is 35.6 Å². The smallest absolute Gasteiger partial charge is 0.233 e. The predicted octanol–water partition coefficient (Wildman–Crippen LogP) is 2.25. The molecule has 1 N–H and O–H groups in total. The summed E-state index contributed by atoms with van der Waals surface area (Å²) in [7, 11) is 1.62. The lowest BCUT2D eigenvalue weighted by atomic mass is 10.1. The molecule has 0 aliphatic heterocycles. The Labute approximate surface area is 125 Å². The van der Waals surface area contributed by atoms with Crippen molar-refractivity contribution < 1.29 is 14.0 Å². The number of carbonyl (C=O) groups excluding carboxylic acids is 2. The van der Waals surface area contributed by atoms with E-state index in [1.165, 1.54) is 24.3 Å². The Morgan fingerprint density at radius 1 is 1.19 bits per heavy atom. The van der Waals surface area contributed by atoms with E-state index >= 15 is 0 Å². The van der Waals surface area contributed by atoms with Gasteiger partial charge in [0.2, 0.25) is 5.91 Å². The number of hydrogen-bond donors (Lipinski definition) is 1. The van der Waals surface area contributed by atoms with Gasteiger partial charge < -0.3 is 5.32 Å². The van der Waals surface area contributed by atoms with Gasteiger partial charge in [0.15, 0.2) is 5.78 Å². The quantitative estimate of drug-likeness (QED) is 0.711. The first kappa shape index (κ1) is 17.3. The van der Waals surface area contributed by atoms with Crippen LogP contribution in [0, 0.1) is 5.82 Å². The summed E-state index contributed by atoms with van der Waals surface area (Å²) in [6.07, 6.45) is 2.05. The zero-order valence-corrected chi connectivity index (χ0v) is 12.7. The molecule has 4 nitrogen and oxygen atoms in total. The molecular formula is C16H23FN2O2. The molecule has 0 spiro atoms. The number of amides is 1. The van der Waals surface area contributed by atoms with Crippen molar-refractivity contribution in [2.75, 3.05) is 26.7 Å². The fourth-order valence-corrected chi connectivity index (χ4v) is 2.11. The Balaban J connectivity index is 2.40. The molecule has 0 radical (unpaired) electrons. The highest BCUT2D eigenvalue weighted by Gasteiger charge is 2.10. The summed E-state index contributed by atoms with van der Waals surface area (Å²) in [4.78, 5) is 25.4. The second-order valence-corrected chi connectivity index (χ2v) is 4.98. The lowest BCUT2D eigenvalue weighted by Crippen LogP contribution is -2.36. The van der Waals surface area contributed by atoms with E-state index < -0.39 is 0 Å².